The smallest absolute Gasteiger partial charge is 0.282 e. The number of hydrogen-bond acceptors (Lipinski definition) is 5. The second-order valence-electron chi connectivity index (χ2n) is 5.77. The highest BCUT2D eigenvalue weighted by molar-refractivity contribution is 7.86. The zero-order valence-corrected chi connectivity index (χ0v) is 13.9. The fourth-order valence-electron chi connectivity index (χ4n) is 2.50. The first-order valence-corrected chi connectivity index (χ1v) is 8.78. The van der Waals surface area contributed by atoms with E-state index in [0.717, 1.165) is 25.7 Å². The van der Waals surface area contributed by atoms with E-state index in [2.05, 4.69) is 10.1 Å². The highest BCUT2D eigenvalue weighted by Crippen LogP contribution is 2.32. The SMILES string of the molecule is Cc1nc([C@H]2CCCCCN2S(=O)(=O)N(C)C(C)C)no1. The number of rotatable bonds is 4. The topological polar surface area (TPSA) is 79.5 Å². The molecule has 1 saturated heterocycles. The molecule has 1 atom stereocenters. The molecule has 1 fully saturated rings. The average molecular weight is 316 g/mol. The molecule has 0 N–H and O–H groups in total. The first-order chi connectivity index (χ1) is 9.84. The van der Waals surface area contributed by atoms with Crippen molar-refractivity contribution < 1.29 is 12.9 Å². The van der Waals surface area contributed by atoms with Gasteiger partial charge in [0.1, 0.15) is 0 Å². The van der Waals surface area contributed by atoms with Crippen molar-refractivity contribution in [2.75, 3.05) is 13.6 Å². The van der Waals surface area contributed by atoms with Crippen molar-refractivity contribution in [3.05, 3.63) is 11.7 Å². The van der Waals surface area contributed by atoms with Crippen LogP contribution in [0.5, 0.6) is 0 Å². The van der Waals surface area contributed by atoms with Crippen LogP contribution in [0.1, 0.15) is 57.3 Å². The van der Waals surface area contributed by atoms with E-state index < -0.39 is 10.2 Å². The van der Waals surface area contributed by atoms with E-state index in [4.69, 9.17) is 4.52 Å². The molecule has 0 aliphatic carbocycles. The lowest BCUT2D eigenvalue weighted by Crippen LogP contribution is -2.46. The van der Waals surface area contributed by atoms with Crippen LogP contribution < -0.4 is 0 Å². The summed E-state index contributed by atoms with van der Waals surface area (Å²) in [5.41, 5.74) is 0. The Morgan fingerprint density at radius 3 is 2.62 bits per heavy atom. The molecule has 2 heterocycles. The molecule has 0 unspecified atom stereocenters. The van der Waals surface area contributed by atoms with Gasteiger partial charge in [-0.15, -0.1) is 0 Å². The van der Waals surface area contributed by atoms with Gasteiger partial charge in [0.25, 0.3) is 10.2 Å². The summed E-state index contributed by atoms with van der Waals surface area (Å²) in [6, 6.07) is -0.429. The van der Waals surface area contributed by atoms with Crippen LogP contribution in [0.15, 0.2) is 4.52 Å². The molecule has 0 bridgehead atoms. The summed E-state index contributed by atoms with van der Waals surface area (Å²) < 4.78 is 33.6. The summed E-state index contributed by atoms with van der Waals surface area (Å²) in [7, 11) is -1.91. The van der Waals surface area contributed by atoms with Crippen molar-refractivity contribution in [1.29, 1.82) is 0 Å². The lowest BCUT2D eigenvalue weighted by atomic mass is 10.1. The molecule has 2 rings (SSSR count). The van der Waals surface area contributed by atoms with Crippen molar-refractivity contribution in [3.8, 4) is 0 Å². The minimum absolute atomic E-state index is 0.0918. The molecule has 0 saturated carbocycles. The molecule has 120 valence electrons. The Bertz CT molecular complexity index is 570. The second kappa shape index (κ2) is 6.41. The van der Waals surface area contributed by atoms with Crippen molar-refractivity contribution >= 4 is 10.2 Å². The van der Waals surface area contributed by atoms with E-state index in [0.29, 0.717) is 18.3 Å². The summed E-state index contributed by atoms with van der Waals surface area (Å²) in [6.45, 7) is 5.94. The molecule has 21 heavy (non-hydrogen) atoms. The molecule has 7 nitrogen and oxygen atoms in total. The van der Waals surface area contributed by atoms with E-state index in [1.165, 1.54) is 8.61 Å². The molecule has 1 aliphatic rings. The van der Waals surface area contributed by atoms with E-state index in [-0.39, 0.29) is 12.1 Å². The van der Waals surface area contributed by atoms with Crippen molar-refractivity contribution in [1.82, 2.24) is 18.8 Å². The Balaban J connectivity index is 2.36. The third-order valence-electron chi connectivity index (χ3n) is 3.93. The van der Waals surface area contributed by atoms with Crippen LogP contribution in [0.25, 0.3) is 0 Å². The Kier molecular flexibility index (Phi) is 5.00. The lowest BCUT2D eigenvalue weighted by molar-refractivity contribution is 0.271. The third-order valence-corrected chi connectivity index (χ3v) is 6.11. The largest absolute Gasteiger partial charge is 0.340 e. The number of aromatic nitrogens is 2. The van der Waals surface area contributed by atoms with Gasteiger partial charge in [0.15, 0.2) is 5.82 Å². The van der Waals surface area contributed by atoms with E-state index in [1.54, 1.807) is 14.0 Å². The highest BCUT2D eigenvalue weighted by Gasteiger charge is 2.37. The highest BCUT2D eigenvalue weighted by atomic mass is 32.2. The van der Waals surface area contributed by atoms with Gasteiger partial charge in [0.05, 0.1) is 6.04 Å². The molecule has 0 amide bonds. The Hall–Kier alpha value is -0.990. The van der Waals surface area contributed by atoms with Crippen LogP contribution in [0.4, 0.5) is 0 Å². The maximum absolute atomic E-state index is 12.8. The van der Waals surface area contributed by atoms with E-state index >= 15 is 0 Å². The van der Waals surface area contributed by atoms with Gasteiger partial charge < -0.3 is 4.52 Å². The second-order valence-corrected chi connectivity index (χ2v) is 7.71. The maximum atomic E-state index is 12.8. The molecular weight excluding hydrogens is 292 g/mol. The molecular formula is C13H24N4O3S. The lowest BCUT2D eigenvalue weighted by Gasteiger charge is -2.32. The molecule has 1 aromatic heterocycles. The summed E-state index contributed by atoms with van der Waals surface area (Å²) in [5.74, 6) is 0.930. The minimum Gasteiger partial charge on any atom is -0.340 e. The van der Waals surface area contributed by atoms with Crippen molar-refractivity contribution in [2.24, 2.45) is 0 Å². The summed E-state index contributed by atoms with van der Waals surface area (Å²) in [4.78, 5) is 4.24. The molecule has 0 radical (unpaired) electrons. The van der Waals surface area contributed by atoms with Crippen molar-refractivity contribution in [3.63, 3.8) is 0 Å². The van der Waals surface area contributed by atoms with Crippen LogP contribution in [0.3, 0.4) is 0 Å². The van der Waals surface area contributed by atoms with Gasteiger partial charge in [-0.25, -0.2) is 0 Å². The average Bonchev–Trinajstić information content (AvgIpc) is 2.71. The normalized spacial score (nSPS) is 21.9. The van der Waals surface area contributed by atoms with Crippen LogP contribution >= 0.6 is 0 Å². The van der Waals surface area contributed by atoms with Gasteiger partial charge in [-0.2, -0.15) is 22.0 Å². The first-order valence-electron chi connectivity index (χ1n) is 7.39. The first kappa shape index (κ1) is 16.4. The van der Waals surface area contributed by atoms with E-state index in [1.807, 2.05) is 13.8 Å². The van der Waals surface area contributed by atoms with Crippen LogP contribution in [0, 0.1) is 6.92 Å². The standard InChI is InChI=1S/C13H24N4O3S/c1-10(2)16(4)21(18,19)17-9-7-5-6-8-12(17)13-14-11(3)20-15-13/h10,12H,5-9H2,1-4H3/t12-/m1/s1. The van der Waals surface area contributed by atoms with Gasteiger partial charge in [0.2, 0.25) is 5.89 Å². The fraction of sp³-hybridized carbons (Fsp3) is 0.846. The van der Waals surface area contributed by atoms with Gasteiger partial charge in [-0.1, -0.05) is 18.0 Å². The number of nitrogens with zero attached hydrogens (tertiary/aromatic N) is 4. The zero-order valence-electron chi connectivity index (χ0n) is 13.1. The Morgan fingerprint density at radius 2 is 2.05 bits per heavy atom. The predicted octanol–water partition coefficient (Wildman–Crippen LogP) is 1.88. The van der Waals surface area contributed by atoms with Gasteiger partial charge >= 0.3 is 0 Å². The quantitative estimate of drug-likeness (QED) is 0.847. The molecule has 1 aromatic rings. The molecule has 0 aromatic carbocycles. The molecule has 8 heteroatoms. The summed E-state index contributed by atoms with van der Waals surface area (Å²) in [5, 5.41) is 3.94. The van der Waals surface area contributed by atoms with Gasteiger partial charge in [-0.3, -0.25) is 0 Å². The molecule has 1 aliphatic heterocycles. The maximum Gasteiger partial charge on any atom is 0.282 e. The number of aryl methyl sites for hydroxylation is 1. The van der Waals surface area contributed by atoms with Gasteiger partial charge in [-0.05, 0) is 26.7 Å². The minimum atomic E-state index is -3.53. The Labute approximate surface area is 126 Å². The van der Waals surface area contributed by atoms with Crippen LogP contribution in [-0.4, -0.2) is 46.8 Å². The zero-order chi connectivity index (χ0) is 15.6. The molecule has 0 spiro atoms. The fourth-order valence-corrected chi connectivity index (χ4v) is 4.24. The van der Waals surface area contributed by atoms with E-state index in [9.17, 15) is 8.42 Å². The van der Waals surface area contributed by atoms with Crippen LogP contribution in [0.2, 0.25) is 0 Å². The Morgan fingerprint density at radius 1 is 1.33 bits per heavy atom. The van der Waals surface area contributed by atoms with Gasteiger partial charge in [0, 0.05) is 26.6 Å². The predicted molar refractivity (Wildman–Crippen MR) is 78.8 cm³/mol. The summed E-state index contributed by atoms with van der Waals surface area (Å²) in [6.07, 6.45) is 3.57. The number of hydrogen-bond donors (Lipinski definition) is 0. The summed E-state index contributed by atoms with van der Waals surface area (Å²) >= 11 is 0. The van der Waals surface area contributed by atoms with Crippen LogP contribution in [-0.2, 0) is 10.2 Å². The monoisotopic (exact) mass is 316 g/mol. The van der Waals surface area contributed by atoms with Crippen molar-refractivity contribution in [2.45, 2.75) is 58.5 Å². The third kappa shape index (κ3) is 3.44.